The first kappa shape index (κ1) is 17.8. The number of carbonyl (C=O) groups is 2. The molecule has 2 rings (SSSR count). The normalized spacial score (nSPS) is 10.9. The number of hydrogen-bond donors (Lipinski definition) is 3. The van der Waals surface area contributed by atoms with Gasteiger partial charge in [-0.05, 0) is 36.4 Å². The van der Waals surface area contributed by atoms with Crippen molar-refractivity contribution in [2.75, 3.05) is 11.3 Å². The summed E-state index contributed by atoms with van der Waals surface area (Å²) >= 11 is 5.93. The Morgan fingerprint density at radius 3 is 2.25 bits per heavy atom. The molecule has 0 heterocycles. The first-order valence-electron chi connectivity index (χ1n) is 6.73. The van der Waals surface area contributed by atoms with Gasteiger partial charge in [0.25, 0.3) is 15.9 Å². The quantitative estimate of drug-likeness (QED) is 0.714. The maximum absolute atomic E-state index is 12.3. The number of para-hydroxylation sites is 1. The van der Waals surface area contributed by atoms with Crippen LogP contribution in [0.2, 0.25) is 5.02 Å². The van der Waals surface area contributed by atoms with Crippen molar-refractivity contribution in [2.24, 2.45) is 5.73 Å². The van der Waals surface area contributed by atoms with E-state index >= 15 is 0 Å². The molecular weight excluding hydrogens is 354 g/mol. The van der Waals surface area contributed by atoms with Crippen LogP contribution in [-0.4, -0.2) is 26.8 Å². The molecule has 0 bridgehead atoms. The molecule has 9 heteroatoms. The van der Waals surface area contributed by atoms with Crippen molar-refractivity contribution in [3.8, 4) is 0 Å². The molecule has 0 unspecified atom stereocenters. The second-order valence-corrected chi connectivity index (χ2v) is 6.85. The maximum atomic E-state index is 12.3. The Morgan fingerprint density at radius 2 is 1.67 bits per heavy atom. The smallest absolute Gasteiger partial charge is 0.261 e. The fraction of sp³-hybridized carbons (Fsp3) is 0.0667. The van der Waals surface area contributed by atoms with Gasteiger partial charge in [0, 0.05) is 5.56 Å². The van der Waals surface area contributed by atoms with Crippen LogP contribution < -0.4 is 15.8 Å². The van der Waals surface area contributed by atoms with Gasteiger partial charge in [0.2, 0.25) is 5.91 Å². The molecule has 0 spiro atoms. The molecule has 4 N–H and O–H groups in total. The highest BCUT2D eigenvalue weighted by molar-refractivity contribution is 7.92. The number of primary amides is 1. The number of amides is 2. The van der Waals surface area contributed by atoms with Crippen molar-refractivity contribution >= 4 is 39.1 Å². The Hall–Kier alpha value is -2.58. The molecule has 0 radical (unpaired) electrons. The lowest BCUT2D eigenvalue weighted by atomic mass is 10.2. The van der Waals surface area contributed by atoms with E-state index in [1.54, 1.807) is 18.2 Å². The van der Waals surface area contributed by atoms with E-state index in [2.05, 4.69) is 10.0 Å². The van der Waals surface area contributed by atoms with Gasteiger partial charge in [-0.1, -0.05) is 23.7 Å². The van der Waals surface area contributed by atoms with E-state index in [9.17, 15) is 18.0 Å². The molecule has 0 fully saturated rings. The molecule has 126 valence electrons. The predicted molar refractivity (Wildman–Crippen MR) is 90.2 cm³/mol. The first-order valence-corrected chi connectivity index (χ1v) is 8.59. The molecule has 0 aliphatic rings. The van der Waals surface area contributed by atoms with Crippen molar-refractivity contribution in [3.63, 3.8) is 0 Å². The average molecular weight is 368 g/mol. The Morgan fingerprint density at radius 1 is 1.04 bits per heavy atom. The number of anilines is 1. The highest BCUT2D eigenvalue weighted by atomic mass is 35.5. The molecule has 2 aromatic rings. The third-order valence-corrected chi connectivity index (χ3v) is 4.68. The fourth-order valence-corrected chi connectivity index (χ4v) is 3.12. The summed E-state index contributed by atoms with van der Waals surface area (Å²) in [5.41, 5.74) is 5.39. The number of rotatable bonds is 6. The summed E-state index contributed by atoms with van der Waals surface area (Å²) in [7, 11) is -3.84. The van der Waals surface area contributed by atoms with E-state index in [-0.39, 0.29) is 27.7 Å². The van der Waals surface area contributed by atoms with E-state index < -0.39 is 21.8 Å². The third-order valence-electron chi connectivity index (χ3n) is 2.97. The van der Waals surface area contributed by atoms with Gasteiger partial charge in [0.05, 0.1) is 22.2 Å². The number of nitrogens with one attached hydrogen (secondary N) is 2. The average Bonchev–Trinajstić information content (AvgIpc) is 2.54. The van der Waals surface area contributed by atoms with Gasteiger partial charge in [0.15, 0.2) is 0 Å². The highest BCUT2D eigenvalue weighted by Gasteiger charge is 2.16. The van der Waals surface area contributed by atoms with Crippen molar-refractivity contribution in [3.05, 3.63) is 59.1 Å². The molecule has 7 nitrogen and oxygen atoms in total. The lowest BCUT2D eigenvalue weighted by molar-refractivity contribution is -0.117. The van der Waals surface area contributed by atoms with Crippen LogP contribution in [0.5, 0.6) is 0 Å². The standard InChI is InChI=1S/C15H14ClN3O4S/c16-12-3-1-2-4-13(12)19-24(22,23)11-7-5-10(6-8-11)15(21)18-9-14(17)20/h1-8,19H,9H2,(H2,17,20)(H,18,21). The Bertz CT molecular complexity index is 867. The highest BCUT2D eigenvalue weighted by Crippen LogP contribution is 2.24. The number of halogens is 1. The van der Waals surface area contributed by atoms with Gasteiger partial charge >= 0.3 is 0 Å². The van der Waals surface area contributed by atoms with E-state index in [1.165, 1.54) is 30.3 Å². The van der Waals surface area contributed by atoms with Gasteiger partial charge in [0.1, 0.15) is 0 Å². The molecular formula is C15H14ClN3O4S. The summed E-state index contributed by atoms with van der Waals surface area (Å²) < 4.78 is 27.0. The van der Waals surface area contributed by atoms with E-state index in [4.69, 9.17) is 17.3 Å². The van der Waals surface area contributed by atoms with E-state index in [0.29, 0.717) is 0 Å². The number of carbonyl (C=O) groups excluding carboxylic acids is 2. The topological polar surface area (TPSA) is 118 Å². The first-order chi connectivity index (χ1) is 11.3. The monoisotopic (exact) mass is 367 g/mol. The second kappa shape index (κ2) is 7.33. The molecule has 2 amide bonds. The minimum absolute atomic E-state index is 0.0335. The molecule has 0 aliphatic heterocycles. The summed E-state index contributed by atoms with van der Waals surface area (Å²) in [4.78, 5) is 22.3. The van der Waals surface area contributed by atoms with Crippen molar-refractivity contribution in [2.45, 2.75) is 4.90 Å². The van der Waals surface area contributed by atoms with Crippen molar-refractivity contribution < 1.29 is 18.0 Å². The van der Waals surface area contributed by atoms with Crippen LogP contribution in [0, 0.1) is 0 Å². The molecule has 0 aliphatic carbocycles. The summed E-state index contributed by atoms with van der Waals surface area (Å²) in [5, 5.41) is 2.58. The van der Waals surface area contributed by atoms with Gasteiger partial charge in [-0.15, -0.1) is 0 Å². The van der Waals surface area contributed by atoms with Crippen molar-refractivity contribution in [1.82, 2.24) is 5.32 Å². The molecule has 24 heavy (non-hydrogen) atoms. The lowest BCUT2D eigenvalue weighted by Gasteiger charge is -2.10. The van der Waals surface area contributed by atoms with E-state index in [1.807, 2.05) is 0 Å². The number of nitrogens with two attached hydrogens (primary N) is 1. The zero-order valence-electron chi connectivity index (χ0n) is 12.3. The number of sulfonamides is 1. The van der Waals surface area contributed by atoms with Crippen LogP contribution in [0.4, 0.5) is 5.69 Å². The molecule has 0 saturated heterocycles. The second-order valence-electron chi connectivity index (χ2n) is 4.76. The fourth-order valence-electron chi connectivity index (χ4n) is 1.80. The summed E-state index contributed by atoms with van der Waals surface area (Å²) in [5.74, 6) is -1.21. The summed E-state index contributed by atoms with van der Waals surface area (Å²) in [6.45, 7) is -0.299. The van der Waals surface area contributed by atoms with Crippen LogP contribution >= 0.6 is 11.6 Å². The van der Waals surface area contributed by atoms with Gasteiger partial charge in [-0.2, -0.15) is 0 Å². The maximum Gasteiger partial charge on any atom is 0.261 e. The summed E-state index contributed by atoms with van der Waals surface area (Å²) in [6.07, 6.45) is 0. The number of hydrogen-bond acceptors (Lipinski definition) is 4. The Balaban J connectivity index is 2.16. The lowest BCUT2D eigenvalue weighted by Crippen LogP contribution is -2.33. The third kappa shape index (κ3) is 4.46. The zero-order valence-corrected chi connectivity index (χ0v) is 13.9. The molecule has 0 aromatic heterocycles. The van der Waals surface area contributed by atoms with Crippen LogP contribution in [0.3, 0.4) is 0 Å². The van der Waals surface area contributed by atoms with Gasteiger partial charge in [-0.3, -0.25) is 14.3 Å². The minimum Gasteiger partial charge on any atom is -0.368 e. The number of benzene rings is 2. The van der Waals surface area contributed by atoms with Crippen LogP contribution in [0.25, 0.3) is 0 Å². The zero-order chi connectivity index (χ0) is 17.7. The SMILES string of the molecule is NC(=O)CNC(=O)c1ccc(S(=O)(=O)Nc2ccccc2Cl)cc1. The summed E-state index contributed by atoms with van der Waals surface area (Å²) in [6, 6.07) is 11.6. The van der Waals surface area contributed by atoms with Crippen molar-refractivity contribution in [1.29, 1.82) is 0 Å². The van der Waals surface area contributed by atoms with Crippen LogP contribution in [0.1, 0.15) is 10.4 Å². The minimum atomic E-state index is -3.84. The molecule has 0 saturated carbocycles. The molecule has 2 aromatic carbocycles. The van der Waals surface area contributed by atoms with E-state index in [0.717, 1.165) is 0 Å². The molecule has 0 atom stereocenters. The Labute approximate surface area is 143 Å². The van der Waals surface area contributed by atoms with Gasteiger partial charge < -0.3 is 11.1 Å². The van der Waals surface area contributed by atoms with Crippen LogP contribution in [-0.2, 0) is 14.8 Å². The Kier molecular flexibility index (Phi) is 5.42. The largest absolute Gasteiger partial charge is 0.368 e. The van der Waals surface area contributed by atoms with Crippen LogP contribution in [0.15, 0.2) is 53.4 Å². The van der Waals surface area contributed by atoms with Gasteiger partial charge in [-0.25, -0.2) is 8.42 Å². The predicted octanol–water partition coefficient (Wildman–Crippen LogP) is 1.36.